The Morgan fingerprint density at radius 3 is 2.65 bits per heavy atom. The first-order chi connectivity index (χ1) is 16.1. The van der Waals surface area contributed by atoms with Crippen LogP contribution in [0.1, 0.15) is 45.7 Å². The topological polar surface area (TPSA) is 90.6 Å². The van der Waals surface area contributed by atoms with Crippen LogP contribution in [0.4, 0.5) is 19.0 Å². The molecule has 0 aliphatic carbocycles. The van der Waals surface area contributed by atoms with Gasteiger partial charge in [-0.05, 0) is 36.8 Å². The van der Waals surface area contributed by atoms with Gasteiger partial charge in [-0.3, -0.25) is 9.78 Å². The van der Waals surface area contributed by atoms with Gasteiger partial charge in [0, 0.05) is 17.1 Å². The summed E-state index contributed by atoms with van der Waals surface area (Å²) in [4.78, 5) is 23.7. The molecule has 7 nitrogen and oxygen atoms in total. The molecule has 3 aromatic rings. The maximum Gasteiger partial charge on any atom is 0.417 e. The largest absolute Gasteiger partial charge is 0.417 e. The van der Waals surface area contributed by atoms with E-state index in [0.717, 1.165) is 28.8 Å². The minimum absolute atomic E-state index is 0.0982. The first-order valence-corrected chi connectivity index (χ1v) is 10.9. The highest BCUT2D eigenvalue weighted by atomic mass is 35.5. The number of morpholine rings is 1. The van der Waals surface area contributed by atoms with Crippen molar-refractivity contribution < 1.29 is 27.4 Å². The number of hydrogen-bond donors (Lipinski definition) is 1. The number of nitrogen functional groups attached to an aromatic ring is 1. The molecule has 5 rings (SSSR count). The molecule has 0 bridgehead atoms. The Hall–Kier alpha value is -2.95. The average Bonchev–Trinajstić information content (AvgIpc) is 3.29. The molecular formula is C23H20ClF3N4O3. The number of carbonyl (C=O) groups excluding carboxylic acids is 1. The standard InChI is InChI=1S/C23H20ClF3N4O3/c1-11-7-33-10-20(18-3-2-12(6-29-18)23(25,26)27)31(11)22(32)14-4-13-15-8-34-9-16(15)21(28)30-19(13)5-17(14)24/h2-6,11,20H,7-10H2,1H3,(H2,28,30)/t11-,20-/m1/s1. The summed E-state index contributed by atoms with van der Waals surface area (Å²) in [5.41, 5.74) is 7.94. The zero-order valence-electron chi connectivity index (χ0n) is 18.0. The molecule has 1 aromatic carbocycles. The summed E-state index contributed by atoms with van der Waals surface area (Å²) in [7, 11) is 0. The third kappa shape index (κ3) is 3.85. The number of anilines is 1. The van der Waals surface area contributed by atoms with Crippen molar-refractivity contribution in [1.29, 1.82) is 0 Å². The number of halogens is 4. The first kappa shape index (κ1) is 22.8. The summed E-state index contributed by atoms with van der Waals surface area (Å²) in [5, 5.41) is 0.917. The number of carbonyl (C=O) groups is 1. The Morgan fingerprint density at radius 1 is 1.18 bits per heavy atom. The zero-order valence-corrected chi connectivity index (χ0v) is 18.8. The maximum atomic E-state index is 13.8. The van der Waals surface area contributed by atoms with Gasteiger partial charge in [0.1, 0.15) is 5.82 Å². The van der Waals surface area contributed by atoms with Gasteiger partial charge in [0.15, 0.2) is 0 Å². The third-order valence-electron chi connectivity index (χ3n) is 6.18. The van der Waals surface area contributed by atoms with E-state index in [1.54, 1.807) is 24.0 Å². The van der Waals surface area contributed by atoms with Gasteiger partial charge in [-0.2, -0.15) is 13.2 Å². The summed E-state index contributed by atoms with van der Waals surface area (Å²) in [6.45, 7) is 2.87. The van der Waals surface area contributed by atoms with E-state index in [4.69, 9.17) is 26.8 Å². The minimum atomic E-state index is -4.50. The van der Waals surface area contributed by atoms with Crippen molar-refractivity contribution in [1.82, 2.24) is 14.9 Å². The molecule has 2 aliphatic rings. The van der Waals surface area contributed by atoms with Crippen molar-refractivity contribution >= 4 is 34.2 Å². The molecule has 0 spiro atoms. The van der Waals surface area contributed by atoms with Gasteiger partial charge in [-0.25, -0.2) is 4.98 Å². The van der Waals surface area contributed by atoms with E-state index >= 15 is 0 Å². The predicted molar refractivity (Wildman–Crippen MR) is 118 cm³/mol. The molecule has 11 heteroatoms. The second-order valence-electron chi connectivity index (χ2n) is 8.38. The van der Waals surface area contributed by atoms with Gasteiger partial charge in [0.25, 0.3) is 5.91 Å². The van der Waals surface area contributed by atoms with E-state index < -0.39 is 17.8 Å². The molecule has 1 amide bonds. The molecule has 0 unspecified atom stereocenters. The van der Waals surface area contributed by atoms with Crippen LogP contribution in [-0.2, 0) is 28.9 Å². The molecule has 178 valence electrons. The predicted octanol–water partition coefficient (Wildman–Crippen LogP) is 4.52. The van der Waals surface area contributed by atoms with E-state index in [1.807, 2.05) is 0 Å². The molecule has 1 fully saturated rings. The lowest BCUT2D eigenvalue weighted by atomic mass is 10.00. The molecule has 2 aliphatic heterocycles. The summed E-state index contributed by atoms with van der Waals surface area (Å²) < 4.78 is 50.1. The third-order valence-corrected chi connectivity index (χ3v) is 6.50. The van der Waals surface area contributed by atoms with Crippen LogP contribution in [0.2, 0.25) is 5.02 Å². The van der Waals surface area contributed by atoms with Crippen LogP contribution < -0.4 is 5.73 Å². The van der Waals surface area contributed by atoms with Gasteiger partial charge in [0.05, 0.1) is 65.9 Å². The average molecular weight is 493 g/mol. The normalized spacial score (nSPS) is 20.6. The number of hydrogen-bond acceptors (Lipinski definition) is 6. The van der Waals surface area contributed by atoms with Crippen LogP contribution in [-0.4, -0.2) is 40.0 Å². The zero-order chi connectivity index (χ0) is 24.2. The van der Waals surface area contributed by atoms with Gasteiger partial charge in [-0.15, -0.1) is 0 Å². The maximum absolute atomic E-state index is 13.8. The van der Waals surface area contributed by atoms with E-state index in [-0.39, 0.29) is 35.7 Å². The number of rotatable bonds is 2. The second kappa shape index (κ2) is 8.37. The van der Waals surface area contributed by atoms with Crippen LogP contribution in [0, 0.1) is 0 Å². The number of benzene rings is 1. The van der Waals surface area contributed by atoms with E-state index in [2.05, 4.69) is 9.97 Å². The monoisotopic (exact) mass is 492 g/mol. The molecule has 1 saturated heterocycles. The number of alkyl halides is 3. The highest BCUT2D eigenvalue weighted by Crippen LogP contribution is 2.36. The Balaban J connectivity index is 1.55. The molecule has 2 N–H and O–H groups in total. The van der Waals surface area contributed by atoms with Gasteiger partial charge < -0.3 is 20.1 Å². The van der Waals surface area contributed by atoms with Crippen molar-refractivity contribution in [2.24, 2.45) is 0 Å². The molecule has 2 aromatic heterocycles. The van der Waals surface area contributed by atoms with E-state index in [9.17, 15) is 18.0 Å². The number of ether oxygens (including phenoxy) is 2. The molecule has 34 heavy (non-hydrogen) atoms. The molecule has 4 heterocycles. The number of pyridine rings is 2. The number of aromatic nitrogens is 2. The summed E-state index contributed by atoms with van der Waals surface area (Å²) in [6.07, 6.45) is -3.74. The number of fused-ring (bicyclic) bond motifs is 3. The smallest absolute Gasteiger partial charge is 0.383 e. The number of amides is 1. The van der Waals surface area contributed by atoms with Crippen LogP contribution >= 0.6 is 11.6 Å². The Labute approximate surface area is 197 Å². The van der Waals surface area contributed by atoms with Gasteiger partial charge >= 0.3 is 6.18 Å². The second-order valence-corrected chi connectivity index (χ2v) is 8.79. The Morgan fingerprint density at radius 2 is 1.94 bits per heavy atom. The Kier molecular flexibility index (Phi) is 5.62. The van der Waals surface area contributed by atoms with Crippen molar-refractivity contribution in [2.75, 3.05) is 18.9 Å². The molecule has 2 atom stereocenters. The van der Waals surface area contributed by atoms with Crippen LogP contribution in [0.5, 0.6) is 0 Å². The SMILES string of the molecule is C[C@@H]1COC[C@H](c2ccc(C(F)(F)F)cn2)N1C(=O)c1cc2c3c(c(N)nc2cc1Cl)COC3. The van der Waals surface area contributed by atoms with Crippen molar-refractivity contribution in [3.63, 3.8) is 0 Å². The van der Waals surface area contributed by atoms with Crippen LogP contribution in [0.15, 0.2) is 30.5 Å². The fourth-order valence-corrected chi connectivity index (χ4v) is 4.69. The quantitative estimate of drug-likeness (QED) is 0.566. The van der Waals surface area contributed by atoms with Crippen LogP contribution in [0.3, 0.4) is 0 Å². The summed E-state index contributed by atoms with van der Waals surface area (Å²) >= 11 is 6.50. The summed E-state index contributed by atoms with van der Waals surface area (Å²) in [6, 6.07) is 4.46. The fourth-order valence-electron chi connectivity index (χ4n) is 4.45. The van der Waals surface area contributed by atoms with Crippen molar-refractivity contribution in [2.45, 2.75) is 38.4 Å². The van der Waals surface area contributed by atoms with E-state index in [1.165, 1.54) is 6.07 Å². The molecule has 0 saturated carbocycles. The highest BCUT2D eigenvalue weighted by molar-refractivity contribution is 6.34. The van der Waals surface area contributed by atoms with Gasteiger partial charge in [0.2, 0.25) is 0 Å². The Bertz CT molecular complexity index is 1280. The minimum Gasteiger partial charge on any atom is -0.383 e. The molecule has 0 radical (unpaired) electrons. The lowest BCUT2D eigenvalue weighted by Crippen LogP contribution is -2.49. The summed E-state index contributed by atoms with van der Waals surface area (Å²) in [5.74, 6) is -0.00993. The van der Waals surface area contributed by atoms with Crippen molar-refractivity contribution in [3.05, 3.63) is 63.4 Å². The lowest BCUT2D eigenvalue weighted by Gasteiger charge is -2.40. The van der Waals surface area contributed by atoms with Gasteiger partial charge in [-0.1, -0.05) is 11.6 Å². The number of nitrogens with two attached hydrogens (primary N) is 1. The van der Waals surface area contributed by atoms with E-state index in [0.29, 0.717) is 30.2 Å². The number of nitrogens with zero attached hydrogens (tertiary/aromatic N) is 3. The highest BCUT2D eigenvalue weighted by Gasteiger charge is 2.37. The molecular weight excluding hydrogens is 473 g/mol. The van der Waals surface area contributed by atoms with Crippen LogP contribution in [0.25, 0.3) is 10.9 Å². The first-order valence-electron chi connectivity index (χ1n) is 10.6. The van der Waals surface area contributed by atoms with Crippen molar-refractivity contribution in [3.8, 4) is 0 Å². The lowest BCUT2D eigenvalue weighted by molar-refractivity contribution is -0.137. The fraction of sp³-hybridized carbons (Fsp3) is 0.348.